The van der Waals surface area contributed by atoms with Gasteiger partial charge in [0, 0.05) is 30.5 Å². The molecule has 0 N–H and O–H groups in total. The summed E-state index contributed by atoms with van der Waals surface area (Å²) in [4.78, 5) is 0. The third-order valence-electron chi connectivity index (χ3n) is 5.59. The molecule has 0 aliphatic heterocycles. The minimum absolute atomic E-state index is 0. The first kappa shape index (κ1) is 25.6. The Balaban J connectivity index is 0.00000324. The largest absolute Gasteiger partial charge is 1.00 e. The number of aryl methyl sites for hydroxylation is 1. The Bertz CT molecular complexity index is 1120. The van der Waals surface area contributed by atoms with Crippen LogP contribution in [0.5, 0.6) is 17.2 Å². The van der Waals surface area contributed by atoms with Gasteiger partial charge < -0.3 is 33.5 Å². The van der Waals surface area contributed by atoms with E-state index in [-0.39, 0.29) is 41.5 Å². The van der Waals surface area contributed by atoms with E-state index in [0.29, 0.717) is 5.75 Å². The highest BCUT2D eigenvalue weighted by Gasteiger charge is 2.16. The van der Waals surface area contributed by atoms with Crippen molar-refractivity contribution in [3.63, 3.8) is 0 Å². The molecule has 0 radical (unpaired) electrons. The van der Waals surface area contributed by atoms with Gasteiger partial charge in [0.1, 0.15) is 35.4 Å². The topological polar surface area (TPSA) is 22.3 Å². The van der Waals surface area contributed by atoms with Crippen LogP contribution >= 0.6 is 0 Å². The van der Waals surface area contributed by atoms with Crippen LogP contribution in [0.15, 0.2) is 97.3 Å². The van der Waals surface area contributed by atoms with E-state index in [9.17, 15) is 8.78 Å². The molecule has 1 aromatic heterocycles. The normalized spacial score (nSPS) is 10.6. The molecule has 0 fully saturated rings. The Kier molecular flexibility index (Phi) is 9.39. The zero-order valence-corrected chi connectivity index (χ0v) is 21.0. The van der Waals surface area contributed by atoms with E-state index in [2.05, 4.69) is 4.57 Å². The molecule has 0 saturated carbocycles. The summed E-state index contributed by atoms with van der Waals surface area (Å²) in [6, 6.07) is 24.5. The number of rotatable bonds is 9. The molecule has 0 aliphatic rings. The first-order chi connectivity index (χ1) is 16.1. The molecule has 34 heavy (non-hydrogen) atoms. The number of pyridine rings is 1. The zero-order valence-electron chi connectivity index (χ0n) is 18.8. The fourth-order valence-corrected chi connectivity index (χ4v) is 3.86. The Hall–Kier alpha value is -3.00. The first-order valence-electron chi connectivity index (χ1n) is 10.9. The van der Waals surface area contributed by atoms with Crippen molar-refractivity contribution in [3.8, 4) is 17.2 Å². The predicted octanol–water partition coefficient (Wildman–Crippen LogP) is 3.67. The molecule has 0 saturated heterocycles. The smallest absolute Gasteiger partial charge is 0.172 e. The minimum atomic E-state index is -0.261. The lowest BCUT2D eigenvalue weighted by Crippen LogP contribution is -3.00. The molecule has 0 bridgehead atoms. The maximum Gasteiger partial charge on any atom is 0.172 e. The molecule has 0 amide bonds. The average Bonchev–Trinajstić information content (AvgIpc) is 2.84. The highest BCUT2D eigenvalue weighted by atomic mass is 127. The molecule has 3 nitrogen and oxygen atoms in total. The summed E-state index contributed by atoms with van der Waals surface area (Å²) in [6.45, 7) is 0.818. The fraction of sp³-hybridized carbons (Fsp3) is 0.179. The van der Waals surface area contributed by atoms with Gasteiger partial charge in [0.05, 0.1) is 7.11 Å². The van der Waals surface area contributed by atoms with Crippen LogP contribution in [0.25, 0.3) is 0 Å². The van der Waals surface area contributed by atoms with Gasteiger partial charge in [0.15, 0.2) is 12.4 Å². The van der Waals surface area contributed by atoms with Gasteiger partial charge in [-0.05, 0) is 53.9 Å². The number of nitrogens with zero attached hydrogens (tertiary/aromatic N) is 1. The zero-order chi connectivity index (χ0) is 23.0. The lowest BCUT2D eigenvalue weighted by atomic mass is 9.87. The van der Waals surface area contributed by atoms with Crippen molar-refractivity contribution in [2.45, 2.75) is 25.3 Å². The highest BCUT2D eigenvalue weighted by Crippen LogP contribution is 2.30. The van der Waals surface area contributed by atoms with Gasteiger partial charge in [-0.25, -0.2) is 13.3 Å². The minimum Gasteiger partial charge on any atom is -1.00 e. The van der Waals surface area contributed by atoms with Crippen LogP contribution in [-0.2, 0) is 6.54 Å². The maximum absolute atomic E-state index is 13.4. The number of hydrogen-bond acceptors (Lipinski definition) is 2. The third-order valence-corrected chi connectivity index (χ3v) is 5.59. The van der Waals surface area contributed by atoms with Crippen molar-refractivity contribution < 1.29 is 46.8 Å². The molecule has 0 aliphatic carbocycles. The lowest BCUT2D eigenvalue weighted by Gasteiger charge is -2.17. The van der Waals surface area contributed by atoms with Gasteiger partial charge in [-0.15, -0.1) is 0 Å². The van der Waals surface area contributed by atoms with Crippen molar-refractivity contribution in [1.82, 2.24) is 0 Å². The summed E-state index contributed by atoms with van der Waals surface area (Å²) >= 11 is 0. The van der Waals surface area contributed by atoms with E-state index in [4.69, 9.17) is 9.47 Å². The summed E-state index contributed by atoms with van der Waals surface area (Å²) in [5.74, 6) is 1.76. The van der Waals surface area contributed by atoms with E-state index in [0.717, 1.165) is 42.0 Å². The molecule has 1 heterocycles. The van der Waals surface area contributed by atoms with Crippen molar-refractivity contribution in [2.24, 2.45) is 0 Å². The van der Waals surface area contributed by atoms with Crippen molar-refractivity contribution >= 4 is 0 Å². The summed E-state index contributed by atoms with van der Waals surface area (Å²) in [7, 11) is 1.63. The number of halogens is 3. The Labute approximate surface area is 216 Å². The molecule has 3 aromatic carbocycles. The van der Waals surface area contributed by atoms with Gasteiger partial charge >= 0.3 is 0 Å². The van der Waals surface area contributed by atoms with Crippen molar-refractivity contribution in [1.29, 1.82) is 0 Å². The maximum atomic E-state index is 13.4. The Morgan fingerprint density at radius 2 is 1.29 bits per heavy atom. The summed E-state index contributed by atoms with van der Waals surface area (Å²) < 4.78 is 40.1. The van der Waals surface area contributed by atoms with Crippen LogP contribution in [0.1, 0.15) is 29.9 Å². The number of methoxy groups -OCH3 is 1. The standard InChI is InChI=1S/C28H26F2NO2.HI/c1-32-26-4-2-5-27(20-26)33-25-15-18-31(19-16-25)17-3-6-28(21-7-11-23(29)12-8-21)22-9-13-24(30)14-10-22;/h2,4-5,7-16,18-20,28H,3,6,17H2,1H3;1H/q+1;/p-1. The van der Waals surface area contributed by atoms with E-state index < -0.39 is 0 Å². The second-order valence-electron chi connectivity index (χ2n) is 7.85. The second-order valence-corrected chi connectivity index (χ2v) is 7.85. The van der Waals surface area contributed by atoms with Gasteiger partial charge in [0.2, 0.25) is 0 Å². The monoisotopic (exact) mass is 573 g/mol. The molecule has 176 valence electrons. The quantitative estimate of drug-likeness (QED) is 0.225. The summed E-state index contributed by atoms with van der Waals surface area (Å²) in [5, 5.41) is 0. The number of ether oxygens (including phenoxy) is 2. The molecule has 0 atom stereocenters. The SMILES string of the molecule is COc1cccc(Oc2cc[n+](CCCC(c3ccc(F)cc3)c3ccc(F)cc3)cc2)c1.[I-]. The van der Waals surface area contributed by atoms with Crippen LogP contribution in [0.2, 0.25) is 0 Å². The molecule has 4 aromatic rings. The third kappa shape index (κ3) is 7.00. The van der Waals surface area contributed by atoms with E-state index in [1.54, 1.807) is 31.4 Å². The highest BCUT2D eigenvalue weighted by molar-refractivity contribution is 5.36. The molecule has 6 heteroatoms. The first-order valence-corrected chi connectivity index (χ1v) is 10.9. The second kappa shape index (κ2) is 12.5. The van der Waals surface area contributed by atoms with E-state index in [1.807, 2.05) is 48.8 Å². The Morgan fingerprint density at radius 1 is 0.735 bits per heavy atom. The summed E-state index contributed by atoms with van der Waals surface area (Å²) in [5.41, 5.74) is 2.05. The van der Waals surface area contributed by atoms with Gasteiger partial charge in [-0.2, -0.15) is 0 Å². The number of hydrogen-bond donors (Lipinski definition) is 0. The van der Waals surface area contributed by atoms with Crippen molar-refractivity contribution in [3.05, 3.63) is 120 Å². The van der Waals surface area contributed by atoms with E-state index in [1.165, 1.54) is 24.3 Å². The van der Waals surface area contributed by atoms with Gasteiger partial charge in [-0.1, -0.05) is 30.3 Å². The molecular formula is C28H26F2INO2. The van der Waals surface area contributed by atoms with Gasteiger partial charge in [-0.3, -0.25) is 0 Å². The number of benzene rings is 3. The van der Waals surface area contributed by atoms with Crippen LogP contribution < -0.4 is 38.0 Å². The van der Waals surface area contributed by atoms with Crippen LogP contribution in [0, 0.1) is 11.6 Å². The molecule has 0 spiro atoms. The number of aromatic nitrogens is 1. The molecule has 4 rings (SSSR count). The van der Waals surface area contributed by atoms with Gasteiger partial charge in [0.25, 0.3) is 0 Å². The van der Waals surface area contributed by atoms with Crippen molar-refractivity contribution in [2.75, 3.05) is 7.11 Å². The fourth-order valence-electron chi connectivity index (χ4n) is 3.86. The molecular weight excluding hydrogens is 547 g/mol. The lowest BCUT2D eigenvalue weighted by molar-refractivity contribution is -0.697. The summed E-state index contributed by atoms with van der Waals surface area (Å²) in [6.07, 6.45) is 5.73. The van der Waals surface area contributed by atoms with E-state index >= 15 is 0 Å². The van der Waals surface area contributed by atoms with Crippen LogP contribution in [0.3, 0.4) is 0 Å². The predicted molar refractivity (Wildman–Crippen MR) is 124 cm³/mol. The average molecular weight is 573 g/mol. The van der Waals surface area contributed by atoms with Crippen LogP contribution in [-0.4, -0.2) is 7.11 Å². The Morgan fingerprint density at radius 3 is 1.85 bits per heavy atom. The van der Waals surface area contributed by atoms with Crippen LogP contribution in [0.4, 0.5) is 8.78 Å². The molecule has 0 unspecified atom stereocenters.